The van der Waals surface area contributed by atoms with Crippen molar-refractivity contribution in [2.45, 2.75) is 96.4 Å². The number of unbranched alkanes of at least 4 members (excludes halogenated alkanes) is 9. The van der Waals surface area contributed by atoms with Gasteiger partial charge in [0.2, 0.25) is 0 Å². The van der Waals surface area contributed by atoms with Gasteiger partial charge in [-0.25, -0.2) is 0 Å². The molecule has 4 heteroatoms. The zero-order valence-electron chi connectivity index (χ0n) is 15.6. The first-order valence-electron chi connectivity index (χ1n) is 9.54. The first kappa shape index (κ1) is 22.8. The summed E-state index contributed by atoms with van der Waals surface area (Å²) in [6, 6.07) is 0. The van der Waals surface area contributed by atoms with E-state index in [0.29, 0.717) is 6.42 Å². The van der Waals surface area contributed by atoms with Gasteiger partial charge in [-0.3, -0.25) is 4.79 Å². The molecular weight excluding hydrogens is 306 g/mol. The maximum Gasteiger partial charge on any atom is 0.323 e. The molecule has 0 saturated carbocycles. The number of nitrogens with two attached hydrogens (primary N) is 1. The van der Waals surface area contributed by atoms with Crippen LogP contribution in [0.1, 0.15) is 90.9 Å². The zero-order valence-corrected chi connectivity index (χ0v) is 16.4. The molecule has 2 atom stereocenters. The molecule has 3 N–H and O–H groups in total. The van der Waals surface area contributed by atoms with Crippen LogP contribution in [-0.4, -0.2) is 28.6 Å². The summed E-state index contributed by atoms with van der Waals surface area (Å²) in [7, 11) is 0. The van der Waals surface area contributed by atoms with Gasteiger partial charge in [0.05, 0.1) is 0 Å². The quantitative estimate of drug-likeness (QED) is 0.364. The Balaban J connectivity index is 3.87. The standard InChI is InChI=1S/C19H39NO2S/c1-4-6-7-8-9-10-11-12-13-14-15-17(16-23-3)19(20,5-2)18(21)22/h17H,4-16,20H2,1-3H3,(H,21,22). The molecule has 0 amide bonds. The van der Waals surface area contributed by atoms with Crippen LogP contribution in [-0.2, 0) is 4.79 Å². The van der Waals surface area contributed by atoms with Crippen molar-refractivity contribution in [3.8, 4) is 0 Å². The summed E-state index contributed by atoms with van der Waals surface area (Å²) < 4.78 is 0. The Kier molecular flexibility index (Phi) is 14.0. The van der Waals surface area contributed by atoms with Crippen molar-refractivity contribution in [1.29, 1.82) is 0 Å². The Labute approximate surface area is 148 Å². The van der Waals surface area contributed by atoms with Crippen molar-refractivity contribution in [3.63, 3.8) is 0 Å². The Hall–Kier alpha value is -0.220. The first-order chi connectivity index (χ1) is 11.0. The topological polar surface area (TPSA) is 63.3 Å². The van der Waals surface area contributed by atoms with Crippen molar-refractivity contribution in [1.82, 2.24) is 0 Å². The molecule has 0 saturated heterocycles. The number of carboxylic acid groups (broad SMARTS) is 1. The fraction of sp³-hybridized carbons (Fsp3) is 0.947. The summed E-state index contributed by atoms with van der Waals surface area (Å²) in [4.78, 5) is 11.5. The molecule has 3 nitrogen and oxygen atoms in total. The van der Waals surface area contributed by atoms with Crippen LogP contribution < -0.4 is 5.73 Å². The summed E-state index contributed by atoms with van der Waals surface area (Å²) in [5, 5.41) is 9.46. The molecule has 2 unspecified atom stereocenters. The number of carbonyl (C=O) groups is 1. The summed E-state index contributed by atoms with van der Waals surface area (Å²) in [5.74, 6) is 0.0776. The van der Waals surface area contributed by atoms with Crippen molar-refractivity contribution in [3.05, 3.63) is 0 Å². The smallest absolute Gasteiger partial charge is 0.323 e. The molecule has 0 heterocycles. The van der Waals surface area contributed by atoms with Crippen molar-refractivity contribution in [2.75, 3.05) is 12.0 Å². The van der Waals surface area contributed by atoms with E-state index < -0.39 is 11.5 Å². The van der Waals surface area contributed by atoms with Gasteiger partial charge in [0.15, 0.2) is 0 Å². The number of hydrogen-bond donors (Lipinski definition) is 2. The minimum atomic E-state index is -1.05. The summed E-state index contributed by atoms with van der Waals surface area (Å²) in [5.41, 5.74) is 5.12. The fourth-order valence-electron chi connectivity index (χ4n) is 3.18. The second kappa shape index (κ2) is 14.2. The van der Waals surface area contributed by atoms with Gasteiger partial charge < -0.3 is 10.8 Å². The second-order valence-corrected chi connectivity index (χ2v) is 7.73. The molecule has 0 aliphatic rings. The number of hydrogen-bond acceptors (Lipinski definition) is 3. The maximum absolute atomic E-state index is 11.5. The fourth-order valence-corrected chi connectivity index (χ4v) is 4.05. The highest BCUT2D eigenvalue weighted by molar-refractivity contribution is 7.98. The van der Waals surface area contributed by atoms with E-state index in [4.69, 9.17) is 5.73 Å². The number of aliphatic carboxylic acids is 1. The third kappa shape index (κ3) is 9.61. The molecule has 138 valence electrons. The second-order valence-electron chi connectivity index (χ2n) is 6.82. The van der Waals surface area contributed by atoms with Gasteiger partial charge in [-0.05, 0) is 30.8 Å². The largest absolute Gasteiger partial charge is 0.480 e. The van der Waals surface area contributed by atoms with Crippen molar-refractivity contribution < 1.29 is 9.90 Å². The van der Waals surface area contributed by atoms with Crippen LogP contribution in [0, 0.1) is 5.92 Å². The number of thioether (sulfide) groups is 1. The molecule has 0 radical (unpaired) electrons. The van der Waals surface area contributed by atoms with Crippen LogP contribution in [0.5, 0.6) is 0 Å². The Morgan fingerprint density at radius 3 is 1.87 bits per heavy atom. The van der Waals surface area contributed by atoms with Crippen LogP contribution in [0.2, 0.25) is 0 Å². The Morgan fingerprint density at radius 1 is 1.00 bits per heavy atom. The zero-order chi connectivity index (χ0) is 17.6. The van der Waals surface area contributed by atoms with Crippen LogP contribution in [0.4, 0.5) is 0 Å². The molecule has 0 aromatic rings. The van der Waals surface area contributed by atoms with Gasteiger partial charge in [0, 0.05) is 0 Å². The van der Waals surface area contributed by atoms with Crippen molar-refractivity contribution >= 4 is 17.7 Å². The van der Waals surface area contributed by atoms with E-state index in [9.17, 15) is 9.90 Å². The van der Waals surface area contributed by atoms with Gasteiger partial charge in [0.25, 0.3) is 0 Å². The first-order valence-corrected chi connectivity index (χ1v) is 10.9. The lowest BCUT2D eigenvalue weighted by Crippen LogP contribution is -2.54. The molecule has 0 fully saturated rings. The molecular formula is C19H39NO2S. The third-order valence-electron chi connectivity index (χ3n) is 4.99. The van der Waals surface area contributed by atoms with Crippen LogP contribution in [0.3, 0.4) is 0 Å². The van der Waals surface area contributed by atoms with Crippen molar-refractivity contribution in [2.24, 2.45) is 11.7 Å². The average Bonchev–Trinajstić information content (AvgIpc) is 2.54. The predicted octanol–water partition coefficient (Wildman–Crippen LogP) is 5.47. The predicted molar refractivity (Wildman–Crippen MR) is 103 cm³/mol. The molecule has 23 heavy (non-hydrogen) atoms. The van der Waals surface area contributed by atoms with Crippen LogP contribution in [0.15, 0.2) is 0 Å². The lowest BCUT2D eigenvalue weighted by atomic mass is 9.80. The van der Waals surface area contributed by atoms with E-state index in [2.05, 4.69) is 6.92 Å². The molecule has 0 aromatic carbocycles. The van der Waals surface area contributed by atoms with Gasteiger partial charge in [-0.2, -0.15) is 11.8 Å². The van der Waals surface area contributed by atoms with E-state index in [1.165, 1.54) is 57.8 Å². The van der Waals surface area contributed by atoms with Crippen LogP contribution >= 0.6 is 11.8 Å². The Morgan fingerprint density at radius 2 is 1.48 bits per heavy atom. The molecule has 0 bridgehead atoms. The monoisotopic (exact) mass is 345 g/mol. The highest BCUT2D eigenvalue weighted by Crippen LogP contribution is 2.28. The molecule has 0 spiro atoms. The summed E-state index contributed by atoms with van der Waals surface area (Å²) in [6.45, 7) is 4.14. The minimum absolute atomic E-state index is 0.0778. The maximum atomic E-state index is 11.5. The third-order valence-corrected chi connectivity index (χ3v) is 5.72. The number of rotatable bonds is 16. The van der Waals surface area contributed by atoms with Gasteiger partial charge >= 0.3 is 5.97 Å². The van der Waals surface area contributed by atoms with Crippen LogP contribution in [0.25, 0.3) is 0 Å². The molecule has 0 rings (SSSR count). The molecule has 0 aromatic heterocycles. The molecule has 0 aliphatic carbocycles. The summed E-state index contributed by atoms with van der Waals surface area (Å²) in [6.07, 6.45) is 16.6. The van der Waals surface area contributed by atoms with E-state index >= 15 is 0 Å². The van der Waals surface area contributed by atoms with Gasteiger partial charge in [-0.1, -0.05) is 78.1 Å². The lowest BCUT2D eigenvalue weighted by molar-refractivity contribution is -0.145. The molecule has 0 aliphatic heterocycles. The average molecular weight is 346 g/mol. The summed E-state index contributed by atoms with van der Waals surface area (Å²) >= 11 is 1.71. The minimum Gasteiger partial charge on any atom is -0.480 e. The van der Waals surface area contributed by atoms with E-state index in [1.807, 2.05) is 13.2 Å². The SMILES string of the molecule is CCCCCCCCCCCCC(CSC)C(N)(CC)C(=O)O. The number of carboxylic acids is 1. The lowest BCUT2D eigenvalue weighted by Gasteiger charge is -2.32. The van der Waals surface area contributed by atoms with Gasteiger partial charge in [-0.15, -0.1) is 0 Å². The normalized spacial score (nSPS) is 15.3. The highest BCUT2D eigenvalue weighted by Gasteiger charge is 2.39. The van der Waals surface area contributed by atoms with E-state index in [-0.39, 0.29) is 5.92 Å². The Bertz CT molecular complexity index is 299. The van der Waals surface area contributed by atoms with E-state index in [1.54, 1.807) is 11.8 Å². The van der Waals surface area contributed by atoms with Gasteiger partial charge in [0.1, 0.15) is 5.54 Å². The van der Waals surface area contributed by atoms with E-state index in [0.717, 1.165) is 18.6 Å². The highest BCUT2D eigenvalue weighted by atomic mass is 32.2.